The normalized spacial score (nSPS) is 9.65. The third-order valence-corrected chi connectivity index (χ3v) is 3.09. The van der Waals surface area contributed by atoms with Gasteiger partial charge in [-0.1, -0.05) is 24.0 Å². The Hall–Kier alpha value is -3.27. The zero-order valence-corrected chi connectivity index (χ0v) is 14.1. The predicted molar refractivity (Wildman–Crippen MR) is 94.3 cm³/mol. The van der Waals surface area contributed by atoms with Crippen LogP contribution in [0, 0.1) is 23.5 Å². The lowest BCUT2D eigenvalue weighted by atomic mass is 10.3. The molecule has 0 atom stereocenters. The van der Waals surface area contributed by atoms with Gasteiger partial charge in [0.2, 0.25) is 0 Å². The van der Waals surface area contributed by atoms with E-state index in [1.807, 2.05) is 13.0 Å². The number of para-hydroxylation sites is 2. The van der Waals surface area contributed by atoms with Gasteiger partial charge < -0.3 is 20.1 Å². The zero-order chi connectivity index (χ0) is 18.8. The molecule has 0 aliphatic carbocycles. The van der Waals surface area contributed by atoms with E-state index >= 15 is 0 Å². The molecule has 0 unspecified atom stereocenters. The zero-order valence-electron chi connectivity index (χ0n) is 14.1. The Labute approximate surface area is 150 Å². The highest BCUT2D eigenvalue weighted by Gasteiger charge is 2.06. The Bertz CT molecular complexity index is 816. The molecule has 0 radical (unpaired) electrons. The third-order valence-electron chi connectivity index (χ3n) is 3.09. The maximum atomic E-state index is 13.3. The summed E-state index contributed by atoms with van der Waals surface area (Å²) in [5.74, 6) is 4.31. The molecule has 136 valence electrons. The van der Waals surface area contributed by atoms with Crippen molar-refractivity contribution in [2.45, 2.75) is 6.92 Å². The van der Waals surface area contributed by atoms with Crippen LogP contribution in [0.4, 0.5) is 19.3 Å². The van der Waals surface area contributed by atoms with Crippen molar-refractivity contribution in [2.75, 3.05) is 25.1 Å². The first kappa shape index (κ1) is 19.1. The van der Waals surface area contributed by atoms with Gasteiger partial charge in [-0.25, -0.2) is 13.6 Å². The lowest BCUT2D eigenvalue weighted by Crippen LogP contribution is -2.29. The van der Waals surface area contributed by atoms with Gasteiger partial charge in [0.25, 0.3) is 0 Å². The van der Waals surface area contributed by atoms with Gasteiger partial charge >= 0.3 is 6.03 Å². The molecule has 0 saturated carbocycles. The van der Waals surface area contributed by atoms with Gasteiger partial charge in [-0.2, -0.15) is 0 Å². The smallest absolute Gasteiger partial charge is 0.320 e. The molecule has 2 aromatic rings. The first-order valence-corrected chi connectivity index (χ1v) is 7.90. The Morgan fingerprint density at radius 2 is 1.88 bits per heavy atom. The lowest BCUT2D eigenvalue weighted by molar-refractivity contribution is 0.253. The second-order valence-corrected chi connectivity index (χ2v) is 4.95. The van der Waals surface area contributed by atoms with Gasteiger partial charge in [0.1, 0.15) is 18.2 Å². The minimum Gasteiger partial charge on any atom is -0.492 e. The number of carbonyl (C=O) groups is 1. The van der Waals surface area contributed by atoms with E-state index < -0.39 is 17.7 Å². The van der Waals surface area contributed by atoms with E-state index in [-0.39, 0.29) is 18.9 Å². The van der Waals surface area contributed by atoms with Crippen molar-refractivity contribution in [3.63, 3.8) is 0 Å². The fourth-order valence-electron chi connectivity index (χ4n) is 1.96. The van der Waals surface area contributed by atoms with Crippen molar-refractivity contribution < 1.29 is 23.0 Å². The molecule has 0 heterocycles. The van der Waals surface area contributed by atoms with E-state index in [1.54, 1.807) is 18.2 Å². The van der Waals surface area contributed by atoms with Gasteiger partial charge in [0, 0.05) is 6.07 Å². The Morgan fingerprint density at radius 3 is 2.65 bits per heavy atom. The fourth-order valence-corrected chi connectivity index (χ4v) is 1.96. The van der Waals surface area contributed by atoms with Gasteiger partial charge in [-0.05, 0) is 31.2 Å². The first-order valence-electron chi connectivity index (χ1n) is 7.90. The Morgan fingerprint density at radius 1 is 1.08 bits per heavy atom. The second-order valence-electron chi connectivity index (χ2n) is 4.95. The second kappa shape index (κ2) is 9.89. The van der Waals surface area contributed by atoms with Crippen molar-refractivity contribution in [3.05, 3.63) is 54.1 Å². The number of hydrogen-bond donors (Lipinski definition) is 2. The fraction of sp³-hybridized carbons (Fsp3) is 0.211. The van der Waals surface area contributed by atoms with E-state index in [9.17, 15) is 13.6 Å². The summed E-state index contributed by atoms with van der Waals surface area (Å²) in [5.41, 5.74) is 0.551. The SMILES string of the molecule is CCOc1ccccc1NC(=O)NCC#CCOc1ccc(F)cc1F. The highest BCUT2D eigenvalue weighted by molar-refractivity contribution is 5.91. The minimum atomic E-state index is -0.794. The first-order chi connectivity index (χ1) is 12.6. The lowest BCUT2D eigenvalue weighted by Gasteiger charge is -2.11. The molecule has 7 heteroatoms. The quantitative estimate of drug-likeness (QED) is 0.775. The average Bonchev–Trinajstić information content (AvgIpc) is 2.61. The van der Waals surface area contributed by atoms with Crippen LogP contribution in [0.25, 0.3) is 0 Å². The molecule has 0 aliphatic heterocycles. The molecule has 0 fully saturated rings. The summed E-state index contributed by atoms with van der Waals surface area (Å²) in [7, 11) is 0. The molecule has 26 heavy (non-hydrogen) atoms. The third kappa shape index (κ3) is 5.98. The Kier molecular flexibility index (Phi) is 7.25. The van der Waals surface area contributed by atoms with Gasteiger partial charge in [0.15, 0.2) is 11.6 Å². The molecule has 0 aliphatic rings. The van der Waals surface area contributed by atoms with Crippen LogP contribution in [0.2, 0.25) is 0 Å². The van der Waals surface area contributed by atoms with Crippen molar-refractivity contribution in [2.24, 2.45) is 0 Å². The topological polar surface area (TPSA) is 59.6 Å². The van der Waals surface area contributed by atoms with E-state index in [0.29, 0.717) is 18.0 Å². The number of anilines is 1. The minimum absolute atomic E-state index is 0.0812. The molecule has 2 aromatic carbocycles. The van der Waals surface area contributed by atoms with Gasteiger partial charge in [0.05, 0.1) is 18.8 Å². The highest BCUT2D eigenvalue weighted by atomic mass is 19.1. The van der Waals surface area contributed by atoms with E-state index in [1.165, 1.54) is 6.07 Å². The number of rotatable bonds is 6. The van der Waals surface area contributed by atoms with Crippen molar-refractivity contribution in [1.29, 1.82) is 0 Å². The molecule has 0 spiro atoms. The van der Waals surface area contributed by atoms with Gasteiger partial charge in [-0.3, -0.25) is 0 Å². The van der Waals surface area contributed by atoms with Crippen LogP contribution >= 0.6 is 0 Å². The summed E-state index contributed by atoms with van der Waals surface area (Å²) in [4.78, 5) is 11.8. The largest absolute Gasteiger partial charge is 0.492 e. The van der Waals surface area contributed by atoms with Crippen LogP contribution in [0.5, 0.6) is 11.5 Å². The number of nitrogens with one attached hydrogen (secondary N) is 2. The standard InChI is InChI=1S/C19H18F2N2O3/c1-2-25-18-8-4-3-7-16(18)23-19(24)22-11-5-6-12-26-17-10-9-14(20)13-15(17)21/h3-4,7-10,13H,2,11-12H2,1H3,(H2,22,23,24). The summed E-state index contributed by atoms with van der Waals surface area (Å²) in [5, 5.41) is 5.23. The summed E-state index contributed by atoms with van der Waals surface area (Å²) < 4.78 is 36.6. The van der Waals surface area contributed by atoms with E-state index in [0.717, 1.165) is 12.1 Å². The number of ether oxygens (including phenoxy) is 2. The number of amides is 2. The van der Waals surface area contributed by atoms with Gasteiger partial charge in [-0.15, -0.1) is 0 Å². The number of carbonyl (C=O) groups excluding carboxylic acids is 1. The predicted octanol–water partition coefficient (Wildman–Crippen LogP) is 3.57. The molecule has 2 amide bonds. The summed E-state index contributed by atoms with van der Waals surface area (Å²) in [6.07, 6.45) is 0. The number of benzene rings is 2. The molecule has 2 N–H and O–H groups in total. The molecule has 0 aromatic heterocycles. The van der Waals surface area contributed by atoms with Crippen molar-refractivity contribution in [1.82, 2.24) is 5.32 Å². The van der Waals surface area contributed by atoms with Crippen LogP contribution in [0.15, 0.2) is 42.5 Å². The molecule has 0 saturated heterocycles. The van der Waals surface area contributed by atoms with Crippen LogP contribution in [-0.4, -0.2) is 25.8 Å². The number of hydrogen-bond acceptors (Lipinski definition) is 3. The number of halogens is 2. The molecule has 2 rings (SSSR count). The number of urea groups is 1. The molecular weight excluding hydrogens is 342 g/mol. The van der Waals surface area contributed by atoms with E-state index in [4.69, 9.17) is 9.47 Å². The molecular formula is C19H18F2N2O3. The summed E-state index contributed by atoms with van der Waals surface area (Å²) in [6.45, 7) is 2.34. The van der Waals surface area contributed by atoms with E-state index in [2.05, 4.69) is 22.5 Å². The Balaban J connectivity index is 1.74. The highest BCUT2D eigenvalue weighted by Crippen LogP contribution is 2.23. The molecule has 0 bridgehead atoms. The molecule has 5 nitrogen and oxygen atoms in total. The average molecular weight is 360 g/mol. The van der Waals surface area contributed by atoms with Crippen molar-refractivity contribution >= 4 is 11.7 Å². The summed E-state index contributed by atoms with van der Waals surface area (Å²) in [6, 6.07) is 9.65. The maximum Gasteiger partial charge on any atom is 0.320 e. The van der Waals surface area contributed by atoms with Crippen LogP contribution < -0.4 is 20.1 Å². The summed E-state index contributed by atoms with van der Waals surface area (Å²) >= 11 is 0. The maximum absolute atomic E-state index is 13.3. The monoisotopic (exact) mass is 360 g/mol. The van der Waals surface area contributed by atoms with Crippen LogP contribution in [0.1, 0.15) is 6.92 Å². The van der Waals surface area contributed by atoms with Crippen molar-refractivity contribution in [3.8, 4) is 23.3 Å². The van der Waals surface area contributed by atoms with Crippen LogP contribution in [-0.2, 0) is 0 Å². The van der Waals surface area contributed by atoms with Crippen LogP contribution in [0.3, 0.4) is 0 Å².